The van der Waals surface area contributed by atoms with Crippen LogP contribution in [-0.2, 0) is 0 Å². The first-order valence-electron chi connectivity index (χ1n) is 7.75. The summed E-state index contributed by atoms with van der Waals surface area (Å²) in [4.78, 5) is 2.44. The highest BCUT2D eigenvalue weighted by Gasteiger charge is 2.39. The fraction of sp³-hybridized carbons (Fsp3) is 0.667. The molecule has 0 saturated heterocycles. The number of benzene rings is 1. The third-order valence-corrected chi connectivity index (χ3v) is 4.78. The average Bonchev–Trinajstić information content (AvgIpc) is 2.33. The molecule has 0 aliphatic carbocycles. The molecular formula is C18H29NO2. The standard InChI is InChI=1S/C18H29NO2/c1-12(17(2,3)4)19(7)15-11-18(5,6)21-16-10-13(20)8-9-14(15)16/h8-10,12,15,20H,11H2,1-7H3. The van der Waals surface area contributed by atoms with Gasteiger partial charge in [-0.05, 0) is 39.3 Å². The SMILES string of the molecule is CC(N(C)C1CC(C)(C)Oc2cc(O)ccc21)C(C)(C)C. The zero-order chi connectivity index (χ0) is 16.0. The Morgan fingerprint density at radius 2 is 1.95 bits per heavy atom. The van der Waals surface area contributed by atoms with Crippen LogP contribution in [0.2, 0.25) is 0 Å². The van der Waals surface area contributed by atoms with Gasteiger partial charge in [-0.3, -0.25) is 4.90 Å². The van der Waals surface area contributed by atoms with Crippen molar-refractivity contribution >= 4 is 0 Å². The number of hydrogen-bond donors (Lipinski definition) is 1. The van der Waals surface area contributed by atoms with Crippen LogP contribution >= 0.6 is 0 Å². The third-order valence-electron chi connectivity index (χ3n) is 4.78. The average molecular weight is 291 g/mol. The van der Waals surface area contributed by atoms with Gasteiger partial charge >= 0.3 is 0 Å². The second-order valence-electron chi connectivity index (χ2n) is 8.01. The molecule has 1 aliphatic heterocycles. The quantitative estimate of drug-likeness (QED) is 0.878. The van der Waals surface area contributed by atoms with Crippen LogP contribution in [0.1, 0.15) is 59.6 Å². The van der Waals surface area contributed by atoms with Crippen LogP contribution in [0.4, 0.5) is 0 Å². The number of phenolic OH excluding ortho intramolecular Hbond substituents is 1. The topological polar surface area (TPSA) is 32.7 Å². The summed E-state index contributed by atoms with van der Waals surface area (Å²) in [6.07, 6.45) is 0.946. The first-order chi connectivity index (χ1) is 9.51. The summed E-state index contributed by atoms with van der Waals surface area (Å²) in [5, 5.41) is 9.73. The molecule has 2 unspecified atom stereocenters. The summed E-state index contributed by atoms with van der Waals surface area (Å²) in [5.74, 6) is 1.07. The Morgan fingerprint density at radius 3 is 2.52 bits per heavy atom. The normalized spacial score (nSPS) is 22.6. The lowest BCUT2D eigenvalue weighted by atomic mass is 9.83. The van der Waals surface area contributed by atoms with E-state index < -0.39 is 0 Å². The van der Waals surface area contributed by atoms with E-state index in [0.29, 0.717) is 12.1 Å². The summed E-state index contributed by atoms with van der Waals surface area (Å²) in [7, 11) is 2.19. The maximum atomic E-state index is 9.73. The molecule has 1 N–H and O–H groups in total. The largest absolute Gasteiger partial charge is 0.508 e. The Hall–Kier alpha value is -1.22. The molecule has 2 rings (SSSR count). The van der Waals surface area contributed by atoms with Crippen molar-refractivity contribution in [2.24, 2.45) is 5.41 Å². The lowest BCUT2D eigenvalue weighted by Crippen LogP contribution is -2.46. The molecule has 0 aromatic heterocycles. The Labute approximate surface area is 128 Å². The molecule has 3 nitrogen and oxygen atoms in total. The van der Waals surface area contributed by atoms with Gasteiger partial charge in [0.1, 0.15) is 17.1 Å². The summed E-state index contributed by atoms with van der Waals surface area (Å²) in [5.41, 5.74) is 1.16. The number of ether oxygens (including phenoxy) is 1. The highest BCUT2D eigenvalue weighted by Crippen LogP contribution is 2.45. The predicted molar refractivity (Wildman–Crippen MR) is 86.9 cm³/mol. The van der Waals surface area contributed by atoms with Crippen molar-refractivity contribution < 1.29 is 9.84 Å². The van der Waals surface area contributed by atoms with Crippen LogP contribution in [0.3, 0.4) is 0 Å². The predicted octanol–water partition coefficient (Wildman–Crippen LogP) is 4.36. The van der Waals surface area contributed by atoms with Gasteiger partial charge in [-0.2, -0.15) is 0 Å². The van der Waals surface area contributed by atoms with Gasteiger partial charge in [0.2, 0.25) is 0 Å². The molecule has 3 heteroatoms. The Bertz CT molecular complexity index is 516. The van der Waals surface area contributed by atoms with Crippen molar-refractivity contribution in [3.05, 3.63) is 23.8 Å². The summed E-state index contributed by atoms with van der Waals surface area (Å²) < 4.78 is 6.06. The summed E-state index contributed by atoms with van der Waals surface area (Å²) in [6.45, 7) is 13.3. The van der Waals surface area contributed by atoms with E-state index in [1.165, 1.54) is 5.56 Å². The molecule has 118 valence electrons. The molecule has 1 aromatic carbocycles. The van der Waals surface area contributed by atoms with Gasteiger partial charge in [0.25, 0.3) is 0 Å². The number of phenols is 1. The van der Waals surface area contributed by atoms with E-state index in [0.717, 1.165) is 12.2 Å². The van der Waals surface area contributed by atoms with Gasteiger partial charge < -0.3 is 9.84 Å². The Morgan fingerprint density at radius 1 is 1.33 bits per heavy atom. The first kappa shape index (κ1) is 16.2. The van der Waals surface area contributed by atoms with Gasteiger partial charge in [0.15, 0.2) is 0 Å². The summed E-state index contributed by atoms with van der Waals surface area (Å²) >= 11 is 0. The molecule has 1 aromatic rings. The van der Waals surface area contributed by atoms with Crippen LogP contribution in [0, 0.1) is 5.41 Å². The zero-order valence-electron chi connectivity index (χ0n) is 14.4. The molecule has 1 heterocycles. The van der Waals surface area contributed by atoms with Crippen molar-refractivity contribution in [3.8, 4) is 11.5 Å². The monoisotopic (exact) mass is 291 g/mol. The molecule has 0 saturated carbocycles. The summed E-state index contributed by atoms with van der Waals surface area (Å²) in [6, 6.07) is 6.23. The van der Waals surface area contributed by atoms with Crippen molar-refractivity contribution in [2.75, 3.05) is 7.05 Å². The van der Waals surface area contributed by atoms with Gasteiger partial charge in [0, 0.05) is 30.1 Å². The fourth-order valence-corrected chi connectivity index (χ4v) is 3.05. The maximum absolute atomic E-state index is 9.73. The van der Waals surface area contributed by atoms with E-state index in [4.69, 9.17) is 4.74 Å². The van der Waals surface area contributed by atoms with Gasteiger partial charge in [-0.25, -0.2) is 0 Å². The second kappa shape index (κ2) is 5.20. The van der Waals surface area contributed by atoms with E-state index in [2.05, 4.69) is 53.5 Å². The van der Waals surface area contributed by atoms with Crippen LogP contribution in [0.25, 0.3) is 0 Å². The van der Waals surface area contributed by atoms with E-state index in [1.54, 1.807) is 12.1 Å². The zero-order valence-corrected chi connectivity index (χ0v) is 14.4. The molecule has 0 radical (unpaired) electrons. The van der Waals surface area contributed by atoms with E-state index in [-0.39, 0.29) is 16.8 Å². The Kier molecular flexibility index (Phi) is 4.00. The van der Waals surface area contributed by atoms with Crippen molar-refractivity contribution in [1.29, 1.82) is 0 Å². The lowest BCUT2D eigenvalue weighted by Gasteiger charge is -2.46. The van der Waals surface area contributed by atoms with Crippen LogP contribution < -0.4 is 4.74 Å². The molecule has 2 atom stereocenters. The minimum atomic E-state index is -0.225. The number of rotatable bonds is 2. The number of aromatic hydroxyl groups is 1. The van der Waals surface area contributed by atoms with E-state index in [1.807, 2.05) is 6.07 Å². The number of fused-ring (bicyclic) bond motifs is 1. The minimum absolute atomic E-state index is 0.217. The molecular weight excluding hydrogens is 262 g/mol. The van der Waals surface area contributed by atoms with E-state index in [9.17, 15) is 5.11 Å². The maximum Gasteiger partial charge on any atom is 0.128 e. The molecule has 1 aliphatic rings. The van der Waals surface area contributed by atoms with Crippen molar-refractivity contribution in [1.82, 2.24) is 4.90 Å². The number of hydrogen-bond acceptors (Lipinski definition) is 3. The molecule has 0 fully saturated rings. The highest BCUT2D eigenvalue weighted by atomic mass is 16.5. The Balaban J connectivity index is 2.40. The van der Waals surface area contributed by atoms with Gasteiger partial charge in [-0.15, -0.1) is 0 Å². The van der Waals surface area contributed by atoms with Crippen LogP contribution in [0.15, 0.2) is 18.2 Å². The van der Waals surface area contributed by atoms with Crippen molar-refractivity contribution in [2.45, 2.75) is 65.6 Å². The molecule has 21 heavy (non-hydrogen) atoms. The molecule has 0 amide bonds. The third kappa shape index (κ3) is 3.34. The van der Waals surface area contributed by atoms with Gasteiger partial charge in [-0.1, -0.05) is 26.8 Å². The van der Waals surface area contributed by atoms with Crippen LogP contribution in [0.5, 0.6) is 11.5 Å². The first-order valence-corrected chi connectivity index (χ1v) is 7.75. The lowest BCUT2D eigenvalue weighted by molar-refractivity contribution is 0.00867. The molecule has 0 bridgehead atoms. The number of nitrogens with zero attached hydrogens (tertiary/aromatic N) is 1. The fourth-order valence-electron chi connectivity index (χ4n) is 3.05. The second-order valence-corrected chi connectivity index (χ2v) is 8.01. The minimum Gasteiger partial charge on any atom is -0.508 e. The molecule has 0 spiro atoms. The smallest absolute Gasteiger partial charge is 0.128 e. The van der Waals surface area contributed by atoms with Crippen LogP contribution in [-0.4, -0.2) is 28.7 Å². The van der Waals surface area contributed by atoms with Gasteiger partial charge in [0.05, 0.1) is 0 Å². The van der Waals surface area contributed by atoms with E-state index >= 15 is 0 Å². The highest BCUT2D eigenvalue weighted by molar-refractivity contribution is 5.44. The van der Waals surface area contributed by atoms with Crippen molar-refractivity contribution in [3.63, 3.8) is 0 Å².